The highest BCUT2D eigenvalue weighted by Gasteiger charge is 2.42. The first kappa shape index (κ1) is 11.4. The molecule has 0 spiro atoms. The van der Waals surface area contributed by atoms with Crippen molar-refractivity contribution in [3.8, 4) is 0 Å². The number of hydrogen-bond acceptors (Lipinski definition) is 4. The second-order valence-corrected chi connectivity index (χ2v) is 5.14. The number of carbonyl (C=O) groups is 1. The number of nitrogens with zero attached hydrogens (tertiary/aromatic N) is 2. The van der Waals surface area contributed by atoms with Crippen LogP contribution >= 0.6 is 0 Å². The van der Waals surface area contributed by atoms with Crippen LogP contribution in [0.25, 0.3) is 0 Å². The molecule has 3 rings (SSSR count). The number of rotatable bonds is 1. The molecule has 2 aliphatic heterocycles. The van der Waals surface area contributed by atoms with E-state index in [-0.39, 0.29) is 29.6 Å². The molecule has 96 valence electrons. The lowest BCUT2D eigenvalue weighted by atomic mass is 9.98. The van der Waals surface area contributed by atoms with Crippen molar-refractivity contribution in [1.29, 1.82) is 0 Å². The summed E-state index contributed by atoms with van der Waals surface area (Å²) >= 11 is 0. The largest absolute Gasteiger partial charge is 0.331 e. The minimum Gasteiger partial charge on any atom is -0.331 e. The molecule has 0 aromatic carbocycles. The van der Waals surface area contributed by atoms with E-state index >= 15 is 0 Å². The minimum absolute atomic E-state index is 0.0920. The molecular formula is C12H16N4O2. The predicted molar refractivity (Wildman–Crippen MR) is 65.0 cm³/mol. The van der Waals surface area contributed by atoms with Gasteiger partial charge in [-0.3, -0.25) is 9.59 Å². The maximum absolute atomic E-state index is 12.4. The van der Waals surface area contributed by atoms with E-state index in [2.05, 4.69) is 10.2 Å². The summed E-state index contributed by atoms with van der Waals surface area (Å²) < 4.78 is 0. The van der Waals surface area contributed by atoms with Gasteiger partial charge in [0.05, 0.1) is 0 Å². The van der Waals surface area contributed by atoms with Crippen LogP contribution in [-0.2, 0) is 0 Å². The molecule has 0 radical (unpaired) electrons. The van der Waals surface area contributed by atoms with E-state index in [4.69, 9.17) is 5.73 Å². The van der Waals surface area contributed by atoms with Crippen LogP contribution in [0.4, 0.5) is 0 Å². The smallest absolute Gasteiger partial charge is 0.274 e. The topological polar surface area (TPSA) is 92.1 Å². The van der Waals surface area contributed by atoms with Gasteiger partial charge in [-0.25, -0.2) is 5.10 Å². The van der Waals surface area contributed by atoms with Gasteiger partial charge in [-0.1, -0.05) is 0 Å². The maximum atomic E-state index is 12.4. The number of aromatic amines is 1. The predicted octanol–water partition coefficient (Wildman–Crippen LogP) is -0.136. The molecule has 2 atom stereocenters. The van der Waals surface area contributed by atoms with Gasteiger partial charge in [0.1, 0.15) is 5.69 Å². The molecule has 2 fully saturated rings. The van der Waals surface area contributed by atoms with Crippen molar-refractivity contribution in [3.63, 3.8) is 0 Å². The van der Waals surface area contributed by atoms with Crippen molar-refractivity contribution in [2.24, 2.45) is 5.73 Å². The highest BCUT2D eigenvalue weighted by Crippen LogP contribution is 2.35. The molecule has 18 heavy (non-hydrogen) atoms. The fourth-order valence-corrected chi connectivity index (χ4v) is 3.15. The summed E-state index contributed by atoms with van der Waals surface area (Å²) in [6.45, 7) is 0. The Balaban J connectivity index is 1.85. The molecule has 0 aliphatic carbocycles. The second-order valence-electron chi connectivity index (χ2n) is 5.14. The van der Waals surface area contributed by atoms with Crippen LogP contribution in [-0.4, -0.2) is 39.1 Å². The van der Waals surface area contributed by atoms with Crippen molar-refractivity contribution >= 4 is 5.91 Å². The van der Waals surface area contributed by atoms with Crippen molar-refractivity contribution in [2.45, 2.75) is 43.8 Å². The van der Waals surface area contributed by atoms with Crippen molar-refractivity contribution in [2.75, 3.05) is 0 Å². The van der Waals surface area contributed by atoms with E-state index in [9.17, 15) is 9.59 Å². The standard InChI is InChI=1S/C12H16N4O2/c13-7-5-8-1-2-9(6-7)16(8)12(18)10-3-4-11(17)15-14-10/h3-4,7-9H,1-2,5-6,13H2,(H,15,17). The molecule has 0 saturated carbocycles. The highest BCUT2D eigenvalue weighted by atomic mass is 16.2. The first-order chi connectivity index (χ1) is 8.65. The normalized spacial score (nSPS) is 30.5. The van der Waals surface area contributed by atoms with Gasteiger partial charge < -0.3 is 10.6 Å². The Bertz CT molecular complexity index is 493. The van der Waals surface area contributed by atoms with E-state index < -0.39 is 0 Å². The van der Waals surface area contributed by atoms with E-state index in [1.54, 1.807) is 0 Å². The zero-order chi connectivity index (χ0) is 12.7. The maximum Gasteiger partial charge on any atom is 0.274 e. The van der Waals surface area contributed by atoms with E-state index in [0.29, 0.717) is 5.69 Å². The van der Waals surface area contributed by atoms with Crippen LogP contribution < -0.4 is 11.3 Å². The highest BCUT2D eigenvalue weighted by molar-refractivity contribution is 5.92. The molecule has 1 aromatic rings. The van der Waals surface area contributed by atoms with Crippen molar-refractivity contribution in [1.82, 2.24) is 15.1 Å². The molecule has 6 heteroatoms. The van der Waals surface area contributed by atoms with Crippen molar-refractivity contribution in [3.05, 3.63) is 28.2 Å². The molecule has 2 aliphatic rings. The molecule has 3 heterocycles. The van der Waals surface area contributed by atoms with Crippen LogP contribution in [0.5, 0.6) is 0 Å². The zero-order valence-electron chi connectivity index (χ0n) is 10.0. The van der Waals surface area contributed by atoms with Crippen LogP contribution in [0.3, 0.4) is 0 Å². The van der Waals surface area contributed by atoms with Crippen LogP contribution in [0.15, 0.2) is 16.9 Å². The first-order valence-electron chi connectivity index (χ1n) is 6.29. The van der Waals surface area contributed by atoms with Gasteiger partial charge in [-0.05, 0) is 31.7 Å². The van der Waals surface area contributed by atoms with Gasteiger partial charge in [-0.2, -0.15) is 5.10 Å². The number of hydrogen-bond donors (Lipinski definition) is 2. The van der Waals surface area contributed by atoms with Gasteiger partial charge in [0.15, 0.2) is 0 Å². The third kappa shape index (κ3) is 1.82. The summed E-state index contributed by atoms with van der Waals surface area (Å²) in [7, 11) is 0. The van der Waals surface area contributed by atoms with E-state index in [1.165, 1.54) is 12.1 Å². The van der Waals surface area contributed by atoms with Gasteiger partial charge in [0.2, 0.25) is 0 Å². The monoisotopic (exact) mass is 248 g/mol. The molecule has 2 saturated heterocycles. The Morgan fingerprint density at radius 3 is 2.56 bits per heavy atom. The molecule has 3 N–H and O–H groups in total. The zero-order valence-corrected chi connectivity index (χ0v) is 10.0. The number of piperidine rings is 1. The van der Waals surface area contributed by atoms with Gasteiger partial charge >= 0.3 is 0 Å². The fraction of sp³-hybridized carbons (Fsp3) is 0.583. The second kappa shape index (κ2) is 4.20. The molecule has 2 unspecified atom stereocenters. The SMILES string of the molecule is NC1CC2CCC(C1)N2C(=O)c1ccc(=O)[nH]n1. The van der Waals surface area contributed by atoms with E-state index in [1.807, 2.05) is 4.90 Å². The number of amides is 1. The Hall–Kier alpha value is -1.69. The molecule has 1 aromatic heterocycles. The molecule has 6 nitrogen and oxygen atoms in total. The summed E-state index contributed by atoms with van der Waals surface area (Å²) in [6, 6.07) is 3.49. The van der Waals surface area contributed by atoms with Crippen molar-refractivity contribution < 1.29 is 4.79 Å². The lowest BCUT2D eigenvalue weighted by Gasteiger charge is -2.37. The lowest BCUT2D eigenvalue weighted by molar-refractivity contribution is 0.0567. The van der Waals surface area contributed by atoms with Gasteiger partial charge in [0.25, 0.3) is 11.5 Å². The van der Waals surface area contributed by atoms with Crippen LogP contribution in [0.2, 0.25) is 0 Å². The number of aromatic nitrogens is 2. The summed E-state index contributed by atoms with van der Waals surface area (Å²) in [5, 5.41) is 6.11. The third-order valence-electron chi connectivity index (χ3n) is 3.90. The molecule has 2 bridgehead atoms. The van der Waals surface area contributed by atoms with Gasteiger partial charge in [0, 0.05) is 24.2 Å². The average Bonchev–Trinajstić information content (AvgIpc) is 2.62. The Labute approximate surface area is 104 Å². The number of carbonyl (C=O) groups excluding carboxylic acids is 1. The van der Waals surface area contributed by atoms with Gasteiger partial charge in [-0.15, -0.1) is 0 Å². The summed E-state index contributed by atoms with van der Waals surface area (Å²) in [6.07, 6.45) is 3.78. The Morgan fingerprint density at radius 1 is 1.33 bits per heavy atom. The summed E-state index contributed by atoms with van der Waals surface area (Å²) in [5.74, 6) is -0.0920. The third-order valence-corrected chi connectivity index (χ3v) is 3.90. The quantitative estimate of drug-likeness (QED) is 0.723. The Morgan fingerprint density at radius 2 is 2.00 bits per heavy atom. The number of fused-ring (bicyclic) bond motifs is 2. The first-order valence-corrected chi connectivity index (χ1v) is 6.29. The number of H-pyrrole nitrogens is 1. The lowest BCUT2D eigenvalue weighted by Crippen LogP contribution is -2.50. The van der Waals surface area contributed by atoms with Crippen LogP contribution in [0, 0.1) is 0 Å². The van der Waals surface area contributed by atoms with E-state index in [0.717, 1.165) is 25.7 Å². The summed E-state index contributed by atoms with van der Waals surface area (Å²) in [5.41, 5.74) is 5.99. The Kier molecular flexibility index (Phi) is 2.66. The molecule has 1 amide bonds. The van der Waals surface area contributed by atoms with Crippen LogP contribution in [0.1, 0.15) is 36.2 Å². The average molecular weight is 248 g/mol. The number of nitrogens with one attached hydrogen (secondary N) is 1. The fourth-order valence-electron chi connectivity index (χ4n) is 3.15. The molecular weight excluding hydrogens is 232 g/mol. The number of nitrogens with two attached hydrogens (primary N) is 1. The summed E-state index contributed by atoms with van der Waals surface area (Å²) in [4.78, 5) is 25.2. The minimum atomic E-state index is -0.296.